The van der Waals surface area contributed by atoms with Crippen LogP contribution in [-0.4, -0.2) is 36.5 Å². The fourth-order valence-electron chi connectivity index (χ4n) is 3.79. The molecule has 114 valence electrons. The number of piperazine rings is 1. The van der Waals surface area contributed by atoms with Crippen LogP contribution in [0.4, 0.5) is 4.39 Å². The molecule has 3 rings (SSSR count). The van der Waals surface area contributed by atoms with Crippen LogP contribution in [0.5, 0.6) is 0 Å². The molecular formula is C17H23FN2O. The largest absolute Gasteiger partial charge is 0.339 e. The summed E-state index contributed by atoms with van der Waals surface area (Å²) in [5.41, 5.74) is 0.558. The Bertz CT molecular complexity index is 508. The predicted molar refractivity (Wildman–Crippen MR) is 80.6 cm³/mol. The van der Waals surface area contributed by atoms with Crippen LogP contribution in [-0.2, 0) is 10.2 Å². The average Bonchev–Trinajstić information content (AvgIpc) is 2.98. The summed E-state index contributed by atoms with van der Waals surface area (Å²) in [6.07, 6.45) is 3.92. The molecule has 1 aromatic carbocycles. The van der Waals surface area contributed by atoms with E-state index in [2.05, 4.69) is 12.2 Å². The molecule has 1 saturated heterocycles. The van der Waals surface area contributed by atoms with Gasteiger partial charge in [-0.2, -0.15) is 0 Å². The summed E-state index contributed by atoms with van der Waals surface area (Å²) in [4.78, 5) is 15.2. The number of nitrogens with one attached hydrogen (secondary N) is 1. The van der Waals surface area contributed by atoms with E-state index in [1.54, 1.807) is 12.1 Å². The van der Waals surface area contributed by atoms with Crippen LogP contribution in [0.15, 0.2) is 24.3 Å². The first-order chi connectivity index (χ1) is 10.1. The van der Waals surface area contributed by atoms with Crippen molar-refractivity contribution in [2.24, 2.45) is 0 Å². The van der Waals surface area contributed by atoms with Gasteiger partial charge in [0.15, 0.2) is 0 Å². The molecule has 1 aromatic rings. The number of rotatable bonds is 2. The smallest absolute Gasteiger partial charge is 0.233 e. The van der Waals surface area contributed by atoms with Crippen LogP contribution in [0.2, 0.25) is 0 Å². The summed E-state index contributed by atoms with van der Waals surface area (Å²) in [5, 5.41) is 3.37. The minimum atomic E-state index is -0.426. The lowest BCUT2D eigenvalue weighted by Gasteiger charge is -2.39. The molecular weight excluding hydrogens is 267 g/mol. The number of carbonyl (C=O) groups excluding carboxylic acids is 1. The maximum absolute atomic E-state index is 13.2. The fourth-order valence-corrected chi connectivity index (χ4v) is 3.79. The molecule has 0 bridgehead atoms. The zero-order chi connectivity index (χ0) is 14.9. The number of nitrogens with zero attached hydrogens (tertiary/aromatic N) is 1. The Morgan fingerprint density at radius 1 is 1.29 bits per heavy atom. The summed E-state index contributed by atoms with van der Waals surface area (Å²) in [6.45, 7) is 4.50. The molecule has 0 spiro atoms. The molecule has 21 heavy (non-hydrogen) atoms. The average molecular weight is 290 g/mol. The molecule has 2 aliphatic rings. The molecule has 3 nitrogen and oxygen atoms in total. The summed E-state index contributed by atoms with van der Waals surface area (Å²) >= 11 is 0. The van der Waals surface area contributed by atoms with Crippen LogP contribution in [0, 0.1) is 5.82 Å². The zero-order valence-electron chi connectivity index (χ0n) is 12.6. The van der Waals surface area contributed by atoms with Gasteiger partial charge < -0.3 is 10.2 Å². The van der Waals surface area contributed by atoms with Crippen LogP contribution in [0.25, 0.3) is 0 Å². The molecule has 1 atom stereocenters. The van der Waals surface area contributed by atoms with Crippen molar-refractivity contribution in [2.75, 3.05) is 19.6 Å². The molecule has 1 amide bonds. The van der Waals surface area contributed by atoms with Gasteiger partial charge in [-0.3, -0.25) is 4.79 Å². The van der Waals surface area contributed by atoms with Gasteiger partial charge in [0.2, 0.25) is 5.91 Å². The molecule has 1 unspecified atom stereocenters. The Kier molecular flexibility index (Phi) is 3.98. The Balaban J connectivity index is 1.89. The SMILES string of the molecule is CC1CN(C(=O)C2(c3ccc(F)cc3)CCCC2)CCN1. The third kappa shape index (κ3) is 2.69. The van der Waals surface area contributed by atoms with E-state index < -0.39 is 5.41 Å². The Morgan fingerprint density at radius 2 is 1.95 bits per heavy atom. The van der Waals surface area contributed by atoms with E-state index in [9.17, 15) is 9.18 Å². The molecule has 1 heterocycles. The van der Waals surface area contributed by atoms with Gasteiger partial charge in [-0.1, -0.05) is 25.0 Å². The van der Waals surface area contributed by atoms with Crippen LogP contribution in [0.3, 0.4) is 0 Å². The lowest BCUT2D eigenvalue weighted by atomic mass is 9.77. The molecule has 1 N–H and O–H groups in total. The van der Waals surface area contributed by atoms with Gasteiger partial charge in [0, 0.05) is 25.7 Å². The Hall–Kier alpha value is -1.42. The maximum Gasteiger partial charge on any atom is 0.233 e. The number of carbonyl (C=O) groups is 1. The Labute approximate surface area is 125 Å². The van der Waals surface area contributed by atoms with Crippen molar-refractivity contribution < 1.29 is 9.18 Å². The number of hydrogen-bond acceptors (Lipinski definition) is 2. The summed E-state index contributed by atoms with van der Waals surface area (Å²) < 4.78 is 13.2. The monoisotopic (exact) mass is 290 g/mol. The highest BCUT2D eigenvalue weighted by molar-refractivity contribution is 5.88. The quantitative estimate of drug-likeness (QED) is 0.907. The van der Waals surface area contributed by atoms with Gasteiger partial charge in [-0.15, -0.1) is 0 Å². The van der Waals surface area contributed by atoms with E-state index in [1.807, 2.05) is 4.90 Å². The van der Waals surface area contributed by atoms with Crippen molar-refractivity contribution in [3.63, 3.8) is 0 Å². The summed E-state index contributed by atoms with van der Waals surface area (Å²) in [6, 6.07) is 6.88. The zero-order valence-corrected chi connectivity index (χ0v) is 12.6. The lowest BCUT2D eigenvalue weighted by Crippen LogP contribution is -2.56. The number of halogens is 1. The van der Waals surface area contributed by atoms with E-state index in [4.69, 9.17) is 0 Å². The highest BCUT2D eigenvalue weighted by Crippen LogP contribution is 2.42. The van der Waals surface area contributed by atoms with Gasteiger partial charge >= 0.3 is 0 Å². The van der Waals surface area contributed by atoms with Gasteiger partial charge in [0.05, 0.1) is 5.41 Å². The summed E-state index contributed by atoms with van der Waals surface area (Å²) in [7, 11) is 0. The van der Waals surface area contributed by atoms with E-state index in [0.717, 1.165) is 50.9 Å². The number of hydrogen-bond donors (Lipinski definition) is 1. The highest BCUT2D eigenvalue weighted by atomic mass is 19.1. The second-order valence-electron chi connectivity index (χ2n) is 6.40. The van der Waals surface area contributed by atoms with Crippen LogP contribution < -0.4 is 5.32 Å². The van der Waals surface area contributed by atoms with Crippen molar-refractivity contribution in [1.29, 1.82) is 0 Å². The van der Waals surface area contributed by atoms with Crippen molar-refractivity contribution in [3.8, 4) is 0 Å². The number of benzene rings is 1. The molecule has 0 aromatic heterocycles. The van der Waals surface area contributed by atoms with E-state index in [-0.39, 0.29) is 11.7 Å². The van der Waals surface area contributed by atoms with Crippen LogP contribution in [0.1, 0.15) is 38.2 Å². The molecule has 4 heteroatoms. The van der Waals surface area contributed by atoms with Crippen molar-refractivity contribution in [2.45, 2.75) is 44.1 Å². The van der Waals surface area contributed by atoms with Crippen molar-refractivity contribution >= 4 is 5.91 Å². The van der Waals surface area contributed by atoms with Gasteiger partial charge in [0.25, 0.3) is 0 Å². The molecule has 0 radical (unpaired) electrons. The molecule has 1 aliphatic carbocycles. The van der Waals surface area contributed by atoms with E-state index in [0.29, 0.717) is 6.04 Å². The third-order valence-electron chi connectivity index (χ3n) is 4.92. The third-order valence-corrected chi connectivity index (χ3v) is 4.92. The molecule has 1 saturated carbocycles. The predicted octanol–water partition coefficient (Wildman–Crippen LogP) is 2.46. The summed E-state index contributed by atoms with van der Waals surface area (Å²) in [5.74, 6) is -0.00454. The first-order valence-corrected chi connectivity index (χ1v) is 7.91. The first kappa shape index (κ1) is 14.5. The Morgan fingerprint density at radius 3 is 2.57 bits per heavy atom. The van der Waals surface area contributed by atoms with Gasteiger partial charge in [-0.05, 0) is 37.5 Å². The van der Waals surface area contributed by atoms with Crippen LogP contribution >= 0.6 is 0 Å². The van der Waals surface area contributed by atoms with Gasteiger partial charge in [0.1, 0.15) is 5.82 Å². The minimum absolute atomic E-state index is 0.236. The fraction of sp³-hybridized carbons (Fsp3) is 0.588. The van der Waals surface area contributed by atoms with E-state index >= 15 is 0 Å². The standard InChI is InChI=1S/C17H23FN2O/c1-13-12-20(11-10-19-13)16(21)17(8-2-3-9-17)14-4-6-15(18)7-5-14/h4-7,13,19H,2-3,8-12H2,1H3. The second-order valence-corrected chi connectivity index (χ2v) is 6.40. The normalized spacial score (nSPS) is 25.0. The van der Waals surface area contributed by atoms with Crippen molar-refractivity contribution in [1.82, 2.24) is 10.2 Å². The highest BCUT2D eigenvalue weighted by Gasteiger charge is 2.45. The second kappa shape index (κ2) is 5.76. The maximum atomic E-state index is 13.2. The van der Waals surface area contributed by atoms with Crippen molar-refractivity contribution in [3.05, 3.63) is 35.6 Å². The van der Waals surface area contributed by atoms with Gasteiger partial charge in [-0.25, -0.2) is 4.39 Å². The topological polar surface area (TPSA) is 32.3 Å². The van der Waals surface area contributed by atoms with E-state index in [1.165, 1.54) is 12.1 Å². The number of amides is 1. The minimum Gasteiger partial charge on any atom is -0.339 e. The first-order valence-electron chi connectivity index (χ1n) is 7.91. The lowest BCUT2D eigenvalue weighted by molar-refractivity contribution is -0.138. The molecule has 1 aliphatic heterocycles. The molecule has 2 fully saturated rings.